The molecule has 2 nitrogen and oxygen atoms in total. The number of ether oxygens (including phenoxy) is 1. The summed E-state index contributed by atoms with van der Waals surface area (Å²) in [5, 5.41) is 0.411. The minimum Gasteiger partial charge on any atom is -0.488 e. The first-order valence-electron chi connectivity index (χ1n) is 6.05. The number of carbonyl (C=O) groups excluding carboxylic acids is 1. The maximum absolute atomic E-state index is 11.0. The molecule has 0 N–H and O–H groups in total. The van der Waals surface area contributed by atoms with Gasteiger partial charge in [-0.15, -0.1) is 0 Å². The number of hydrogen-bond acceptors (Lipinski definition) is 2. The first-order chi connectivity index (χ1) is 9.13. The molecule has 0 atom stereocenters. The molecule has 2 rings (SSSR count). The quantitative estimate of drug-likeness (QED) is 0.775. The van der Waals surface area contributed by atoms with Gasteiger partial charge >= 0.3 is 0 Å². The fourth-order valence-corrected chi connectivity index (χ4v) is 2.19. The van der Waals surface area contributed by atoms with Crippen LogP contribution >= 0.6 is 11.6 Å². The van der Waals surface area contributed by atoms with Crippen molar-refractivity contribution < 1.29 is 9.53 Å². The van der Waals surface area contributed by atoms with E-state index in [1.54, 1.807) is 18.2 Å². The highest BCUT2D eigenvalue weighted by molar-refractivity contribution is 6.33. The number of hydrogen-bond donors (Lipinski definition) is 0. The second kappa shape index (κ2) is 5.89. The van der Waals surface area contributed by atoms with E-state index in [1.807, 2.05) is 32.0 Å². The van der Waals surface area contributed by atoms with E-state index < -0.39 is 0 Å². The van der Waals surface area contributed by atoms with Crippen molar-refractivity contribution in [2.24, 2.45) is 0 Å². The van der Waals surface area contributed by atoms with Gasteiger partial charge in [0.05, 0.1) is 10.6 Å². The zero-order chi connectivity index (χ0) is 13.8. The maximum Gasteiger partial charge on any atom is 0.155 e. The smallest absolute Gasteiger partial charge is 0.155 e. The van der Waals surface area contributed by atoms with Crippen LogP contribution in [0.5, 0.6) is 5.75 Å². The average Bonchev–Trinajstić information content (AvgIpc) is 2.38. The van der Waals surface area contributed by atoms with Gasteiger partial charge in [-0.3, -0.25) is 4.79 Å². The largest absolute Gasteiger partial charge is 0.488 e. The monoisotopic (exact) mass is 274 g/mol. The van der Waals surface area contributed by atoms with Crippen molar-refractivity contribution in [3.63, 3.8) is 0 Å². The number of carbonyl (C=O) groups is 1. The molecular weight excluding hydrogens is 260 g/mol. The van der Waals surface area contributed by atoms with Crippen molar-refractivity contribution in [1.82, 2.24) is 0 Å². The van der Waals surface area contributed by atoms with E-state index in [1.165, 1.54) is 11.1 Å². The Morgan fingerprint density at radius 3 is 2.37 bits per heavy atom. The molecule has 0 aliphatic carbocycles. The first kappa shape index (κ1) is 13.6. The highest BCUT2D eigenvalue weighted by Crippen LogP contribution is 2.26. The predicted molar refractivity (Wildman–Crippen MR) is 77.1 cm³/mol. The Balaban J connectivity index is 2.24. The van der Waals surface area contributed by atoms with Crippen LogP contribution in [0.15, 0.2) is 36.4 Å². The second-order valence-corrected chi connectivity index (χ2v) is 4.84. The number of benzene rings is 2. The van der Waals surface area contributed by atoms with Crippen LogP contribution in [-0.4, -0.2) is 6.29 Å². The van der Waals surface area contributed by atoms with Crippen molar-refractivity contribution in [3.8, 4) is 5.75 Å². The molecule has 2 aromatic rings. The maximum atomic E-state index is 11.0. The zero-order valence-electron chi connectivity index (χ0n) is 10.9. The van der Waals surface area contributed by atoms with Crippen molar-refractivity contribution in [1.29, 1.82) is 0 Å². The first-order valence-corrected chi connectivity index (χ1v) is 6.43. The highest BCUT2D eigenvalue weighted by Gasteiger charge is 2.09. The summed E-state index contributed by atoms with van der Waals surface area (Å²) in [5.41, 5.74) is 3.89. The molecule has 0 saturated heterocycles. The number of aryl methyl sites for hydroxylation is 2. The zero-order valence-corrected chi connectivity index (χ0v) is 11.7. The molecule has 0 unspecified atom stereocenters. The normalized spacial score (nSPS) is 10.3. The van der Waals surface area contributed by atoms with Crippen LogP contribution in [0.2, 0.25) is 5.02 Å². The average molecular weight is 275 g/mol. The lowest BCUT2D eigenvalue weighted by atomic mass is 10.0. The van der Waals surface area contributed by atoms with Gasteiger partial charge in [0.25, 0.3) is 0 Å². The lowest BCUT2D eigenvalue weighted by molar-refractivity contribution is 0.111. The molecule has 0 aliphatic heterocycles. The summed E-state index contributed by atoms with van der Waals surface area (Å²) in [7, 11) is 0. The molecule has 0 fully saturated rings. The van der Waals surface area contributed by atoms with Crippen LogP contribution in [-0.2, 0) is 6.61 Å². The molecule has 0 aromatic heterocycles. The molecule has 3 heteroatoms. The fraction of sp³-hybridized carbons (Fsp3) is 0.188. The Morgan fingerprint density at radius 1 is 1.11 bits per heavy atom. The van der Waals surface area contributed by atoms with Gasteiger partial charge in [-0.05, 0) is 42.7 Å². The lowest BCUT2D eigenvalue weighted by Crippen LogP contribution is -2.02. The second-order valence-electron chi connectivity index (χ2n) is 4.43. The van der Waals surface area contributed by atoms with Gasteiger partial charge in [0.2, 0.25) is 0 Å². The molecule has 0 aliphatic rings. The molecule has 98 valence electrons. The Hall–Kier alpha value is -1.80. The Bertz CT molecular complexity index is 585. The molecule has 2 aromatic carbocycles. The Kier molecular flexibility index (Phi) is 4.23. The third kappa shape index (κ3) is 2.96. The van der Waals surface area contributed by atoms with Gasteiger partial charge in [0, 0.05) is 0 Å². The van der Waals surface area contributed by atoms with Gasteiger partial charge in [-0.25, -0.2) is 0 Å². The SMILES string of the molecule is Cc1cccc(C)c1COc1cccc(Cl)c1C=O. The third-order valence-corrected chi connectivity index (χ3v) is 3.48. The van der Waals surface area contributed by atoms with Crippen molar-refractivity contribution in [3.05, 3.63) is 63.7 Å². The summed E-state index contributed by atoms with van der Waals surface area (Å²) < 4.78 is 5.74. The van der Waals surface area contributed by atoms with E-state index in [9.17, 15) is 4.79 Å². The van der Waals surface area contributed by atoms with Gasteiger partial charge < -0.3 is 4.74 Å². The van der Waals surface area contributed by atoms with Crippen LogP contribution in [0, 0.1) is 13.8 Å². The molecule has 0 spiro atoms. The van der Waals surface area contributed by atoms with Crippen LogP contribution in [0.1, 0.15) is 27.0 Å². The van der Waals surface area contributed by atoms with E-state index in [2.05, 4.69) is 0 Å². The summed E-state index contributed by atoms with van der Waals surface area (Å²) >= 11 is 5.96. The summed E-state index contributed by atoms with van der Waals surface area (Å²) in [6.45, 7) is 4.52. The van der Waals surface area contributed by atoms with E-state index >= 15 is 0 Å². The van der Waals surface area contributed by atoms with E-state index in [4.69, 9.17) is 16.3 Å². The van der Waals surface area contributed by atoms with Gasteiger partial charge in [-0.2, -0.15) is 0 Å². The van der Waals surface area contributed by atoms with Crippen molar-refractivity contribution in [2.45, 2.75) is 20.5 Å². The molecule has 0 bridgehead atoms. The molecule has 0 amide bonds. The van der Waals surface area contributed by atoms with Crippen LogP contribution < -0.4 is 4.74 Å². The number of aldehydes is 1. The third-order valence-electron chi connectivity index (χ3n) is 3.15. The number of rotatable bonds is 4. The summed E-state index contributed by atoms with van der Waals surface area (Å²) in [5.74, 6) is 0.519. The fourth-order valence-electron chi connectivity index (χ4n) is 1.98. The van der Waals surface area contributed by atoms with Gasteiger partial charge in [0.15, 0.2) is 6.29 Å². The number of halogens is 1. The standard InChI is InChI=1S/C16H15ClO2/c1-11-5-3-6-12(2)14(11)10-19-16-8-4-7-15(17)13(16)9-18/h3-9H,10H2,1-2H3. The van der Waals surface area contributed by atoms with E-state index in [0.29, 0.717) is 22.9 Å². The molecular formula is C16H15ClO2. The molecule has 19 heavy (non-hydrogen) atoms. The Labute approximate surface area is 118 Å². The van der Waals surface area contributed by atoms with Crippen molar-refractivity contribution in [2.75, 3.05) is 0 Å². The van der Waals surface area contributed by atoms with Crippen LogP contribution in [0.4, 0.5) is 0 Å². The summed E-state index contributed by atoms with van der Waals surface area (Å²) in [4.78, 5) is 11.0. The van der Waals surface area contributed by atoms with Crippen LogP contribution in [0.25, 0.3) is 0 Å². The lowest BCUT2D eigenvalue weighted by Gasteiger charge is -2.13. The minimum absolute atomic E-state index is 0.399. The van der Waals surface area contributed by atoms with Gasteiger partial charge in [0.1, 0.15) is 12.4 Å². The predicted octanol–water partition coefficient (Wildman–Crippen LogP) is 4.35. The Morgan fingerprint density at radius 2 is 1.74 bits per heavy atom. The topological polar surface area (TPSA) is 26.3 Å². The van der Waals surface area contributed by atoms with Crippen molar-refractivity contribution >= 4 is 17.9 Å². The summed E-state index contributed by atoms with van der Waals surface area (Å²) in [6.07, 6.45) is 0.725. The van der Waals surface area contributed by atoms with E-state index in [0.717, 1.165) is 11.8 Å². The molecule has 0 radical (unpaired) electrons. The summed E-state index contributed by atoms with van der Waals surface area (Å²) in [6, 6.07) is 11.3. The van der Waals surface area contributed by atoms with Gasteiger partial charge in [-0.1, -0.05) is 35.9 Å². The van der Waals surface area contributed by atoms with Crippen LogP contribution in [0.3, 0.4) is 0 Å². The minimum atomic E-state index is 0.399. The molecule has 0 saturated carbocycles. The van der Waals surface area contributed by atoms with E-state index in [-0.39, 0.29) is 0 Å². The highest BCUT2D eigenvalue weighted by atomic mass is 35.5. The molecule has 0 heterocycles.